The number of furan rings is 1. The molecule has 1 unspecified atom stereocenters. The first kappa shape index (κ1) is 13.3. The highest BCUT2D eigenvalue weighted by molar-refractivity contribution is 9.10. The number of benzene rings is 1. The highest BCUT2D eigenvalue weighted by Crippen LogP contribution is 2.30. The average molecular weight is 331 g/mol. The fourth-order valence-electron chi connectivity index (χ4n) is 2.32. The van der Waals surface area contributed by atoms with E-state index >= 15 is 0 Å². The summed E-state index contributed by atoms with van der Waals surface area (Å²) in [4.78, 5) is 4.05. The van der Waals surface area contributed by atoms with Crippen LogP contribution in [0.1, 0.15) is 17.4 Å². The van der Waals surface area contributed by atoms with Crippen molar-refractivity contribution in [2.45, 2.75) is 12.5 Å². The number of rotatable bonds is 4. The Morgan fingerprint density at radius 2 is 2.05 bits per heavy atom. The summed E-state index contributed by atoms with van der Waals surface area (Å²) < 4.78 is 6.99. The van der Waals surface area contributed by atoms with E-state index in [1.165, 1.54) is 5.56 Å². The summed E-state index contributed by atoms with van der Waals surface area (Å²) in [5.74, 6) is 0.950. The SMILES string of the molecule is CNC(Cc1ccncc1)c1cc2cccc(Br)c2o1. The maximum atomic E-state index is 6.00. The van der Waals surface area contributed by atoms with Crippen molar-refractivity contribution >= 4 is 26.9 Å². The van der Waals surface area contributed by atoms with Gasteiger partial charge in [-0.25, -0.2) is 0 Å². The van der Waals surface area contributed by atoms with Gasteiger partial charge < -0.3 is 9.73 Å². The molecule has 102 valence electrons. The molecule has 0 saturated heterocycles. The molecule has 2 aromatic heterocycles. The van der Waals surface area contributed by atoms with Gasteiger partial charge in [0.2, 0.25) is 0 Å². The van der Waals surface area contributed by atoms with Crippen LogP contribution in [0.15, 0.2) is 57.7 Å². The van der Waals surface area contributed by atoms with Gasteiger partial charge in [0, 0.05) is 17.8 Å². The first-order valence-electron chi connectivity index (χ1n) is 6.52. The van der Waals surface area contributed by atoms with Crippen LogP contribution in [0.3, 0.4) is 0 Å². The Balaban J connectivity index is 1.93. The van der Waals surface area contributed by atoms with Gasteiger partial charge in [-0.1, -0.05) is 12.1 Å². The first-order chi connectivity index (χ1) is 9.78. The summed E-state index contributed by atoms with van der Waals surface area (Å²) in [7, 11) is 1.95. The van der Waals surface area contributed by atoms with E-state index in [9.17, 15) is 0 Å². The number of aromatic nitrogens is 1. The van der Waals surface area contributed by atoms with E-state index in [0.29, 0.717) is 0 Å². The van der Waals surface area contributed by atoms with Crippen LogP contribution in [0, 0.1) is 0 Å². The molecule has 2 heterocycles. The molecule has 1 aromatic carbocycles. The van der Waals surface area contributed by atoms with E-state index in [2.05, 4.69) is 38.4 Å². The fourth-order valence-corrected chi connectivity index (χ4v) is 2.78. The molecule has 0 aliphatic carbocycles. The predicted octanol–water partition coefficient (Wildman–Crippen LogP) is 4.09. The first-order valence-corrected chi connectivity index (χ1v) is 7.31. The van der Waals surface area contributed by atoms with E-state index in [1.807, 2.05) is 43.7 Å². The highest BCUT2D eigenvalue weighted by atomic mass is 79.9. The Kier molecular flexibility index (Phi) is 3.85. The predicted molar refractivity (Wildman–Crippen MR) is 83.7 cm³/mol. The zero-order chi connectivity index (χ0) is 13.9. The zero-order valence-electron chi connectivity index (χ0n) is 11.1. The molecule has 3 rings (SSSR count). The third-order valence-electron chi connectivity index (χ3n) is 3.40. The maximum absolute atomic E-state index is 6.00. The Hall–Kier alpha value is -1.65. The van der Waals surface area contributed by atoms with Gasteiger partial charge in [-0.2, -0.15) is 0 Å². The van der Waals surface area contributed by atoms with Crippen LogP contribution in [-0.2, 0) is 6.42 Å². The highest BCUT2D eigenvalue weighted by Gasteiger charge is 2.16. The second-order valence-corrected chi connectivity index (χ2v) is 5.56. The van der Waals surface area contributed by atoms with Crippen molar-refractivity contribution in [3.8, 4) is 0 Å². The summed E-state index contributed by atoms with van der Waals surface area (Å²) in [5.41, 5.74) is 2.14. The van der Waals surface area contributed by atoms with Crippen LogP contribution in [-0.4, -0.2) is 12.0 Å². The van der Waals surface area contributed by atoms with Gasteiger partial charge in [0.05, 0.1) is 10.5 Å². The minimum atomic E-state index is 0.150. The lowest BCUT2D eigenvalue weighted by molar-refractivity contribution is 0.450. The number of nitrogens with one attached hydrogen (secondary N) is 1. The molecule has 0 bridgehead atoms. The smallest absolute Gasteiger partial charge is 0.148 e. The molecule has 3 aromatic rings. The van der Waals surface area contributed by atoms with Crippen molar-refractivity contribution in [2.24, 2.45) is 0 Å². The molecule has 0 fully saturated rings. The summed E-state index contributed by atoms with van der Waals surface area (Å²) in [6.07, 6.45) is 4.50. The summed E-state index contributed by atoms with van der Waals surface area (Å²) in [5, 5.41) is 4.43. The van der Waals surface area contributed by atoms with Crippen LogP contribution in [0.25, 0.3) is 11.0 Å². The van der Waals surface area contributed by atoms with Gasteiger partial charge in [0.25, 0.3) is 0 Å². The van der Waals surface area contributed by atoms with Gasteiger partial charge in [-0.05, 0) is 59.2 Å². The molecule has 0 amide bonds. The minimum Gasteiger partial charge on any atom is -0.458 e. The van der Waals surface area contributed by atoms with Crippen LogP contribution in [0.5, 0.6) is 0 Å². The number of hydrogen-bond acceptors (Lipinski definition) is 3. The third-order valence-corrected chi connectivity index (χ3v) is 4.02. The average Bonchev–Trinajstić information content (AvgIpc) is 2.91. The molecule has 0 saturated carbocycles. The molecule has 3 nitrogen and oxygen atoms in total. The molecule has 0 spiro atoms. The van der Waals surface area contributed by atoms with E-state index in [-0.39, 0.29) is 6.04 Å². The molecule has 1 atom stereocenters. The quantitative estimate of drug-likeness (QED) is 0.782. The van der Waals surface area contributed by atoms with Crippen molar-refractivity contribution in [2.75, 3.05) is 7.05 Å². The van der Waals surface area contributed by atoms with Crippen molar-refractivity contribution in [3.63, 3.8) is 0 Å². The number of para-hydroxylation sites is 1. The Labute approximate surface area is 126 Å². The Morgan fingerprint density at radius 3 is 2.75 bits per heavy atom. The van der Waals surface area contributed by atoms with Gasteiger partial charge >= 0.3 is 0 Å². The topological polar surface area (TPSA) is 38.1 Å². The summed E-state index contributed by atoms with van der Waals surface area (Å²) >= 11 is 3.53. The van der Waals surface area contributed by atoms with Gasteiger partial charge in [0.15, 0.2) is 0 Å². The lowest BCUT2D eigenvalue weighted by atomic mass is 10.1. The third kappa shape index (κ3) is 2.62. The van der Waals surface area contributed by atoms with E-state index in [1.54, 1.807) is 0 Å². The Bertz CT molecular complexity index is 709. The van der Waals surface area contributed by atoms with Crippen LogP contribution < -0.4 is 5.32 Å². The molecular weight excluding hydrogens is 316 g/mol. The number of fused-ring (bicyclic) bond motifs is 1. The van der Waals surface area contributed by atoms with Gasteiger partial charge in [-0.15, -0.1) is 0 Å². The van der Waals surface area contributed by atoms with E-state index < -0.39 is 0 Å². The number of likely N-dealkylation sites (N-methyl/N-ethyl adjacent to an activating group) is 1. The van der Waals surface area contributed by atoms with Crippen molar-refractivity contribution < 1.29 is 4.42 Å². The molecule has 0 radical (unpaired) electrons. The van der Waals surface area contributed by atoms with Crippen LogP contribution in [0.2, 0.25) is 0 Å². The minimum absolute atomic E-state index is 0.150. The normalized spacial score (nSPS) is 12.7. The molecular formula is C16H15BrN2O. The maximum Gasteiger partial charge on any atom is 0.148 e. The fraction of sp³-hybridized carbons (Fsp3) is 0.188. The molecule has 1 N–H and O–H groups in total. The van der Waals surface area contributed by atoms with Crippen LogP contribution in [0.4, 0.5) is 0 Å². The van der Waals surface area contributed by atoms with Crippen LogP contribution >= 0.6 is 15.9 Å². The molecule has 20 heavy (non-hydrogen) atoms. The number of pyridine rings is 1. The molecule has 0 aliphatic rings. The summed E-state index contributed by atoms with van der Waals surface area (Å²) in [6, 6.07) is 12.4. The number of halogens is 1. The van der Waals surface area contributed by atoms with Crippen molar-refractivity contribution in [3.05, 3.63) is 64.6 Å². The lowest BCUT2D eigenvalue weighted by Gasteiger charge is -2.13. The second kappa shape index (κ2) is 5.77. The molecule has 0 aliphatic heterocycles. The number of hydrogen-bond donors (Lipinski definition) is 1. The van der Waals surface area contributed by atoms with E-state index in [4.69, 9.17) is 4.42 Å². The largest absolute Gasteiger partial charge is 0.458 e. The summed E-state index contributed by atoms with van der Waals surface area (Å²) in [6.45, 7) is 0. The zero-order valence-corrected chi connectivity index (χ0v) is 12.7. The second-order valence-electron chi connectivity index (χ2n) is 4.71. The Morgan fingerprint density at radius 1 is 1.25 bits per heavy atom. The van der Waals surface area contributed by atoms with Crippen molar-refractivity contribution in [1.29, 1.82) is 0 Å². The monoisotopic (exact) mass is 330 g/mol. The van der Waals surface area contributed by atoms with Gasteiger partial charge in [0.1, 0.15) is 11.3 Å². The van der Waals surface area contributed by atoms with E-state index in [0.717, 1.165) is 27.6 Å². The van der Waals surface area contributed by atoms with Crippen molar-refractivity contribution in [1.82, 2.24) is 10.3 Å². The van der Waals surface area contributed by atoms with Gasteiger partial charge in [-0.3, -0.25) is 4.98 Å². The molecule has 4 heteroatoms. The standard InChI is InChI=1S/C16H15BrN2O/c1-18-14(9-11-5-7-19-8-6-11)15-10-12-3-2-4-13(17)16(12)20-15/h2-8,10,14,18H,9H2,1H3. The lowest BCUT2D eigenvalue weighted by Crippen LogP contribution is -2.18. The number of nitrogens with zero attached hydrogens (tertiary/aromatic N) is 1.